The van der Waals surface area contributed by atoms with Crippen LogP contribution >= 0.6 is 0 Å². The summed E-state index contributed by atoms with van der Waals surface area (Å²) in [4.78, 5) is 88.6. The number of ether oxygens (including phenoxy) is 2. The summed E-state index contributed by atoms with van der Waals surface area (Å²) in [5.41, 5.74) is -2.20. The van der Waals surface area contributed by atoms with Crippen LogP contribution < -0.4 is 20.4 Å². The first-order chi connectivity index (χ1) is 37.3. The molecular formula is C56H54F6N9O8+. The van der Waals surface area contributed by atoms with Gasteiger partial charge >= 0.3 is 36.4 Å². The maximum atomic E-state index is 14.6. The molecule has 17 nitrogen and oxygen atoms in total. The third-order valence-electron chi connectivity index (χ3n) is 12.9. The number of nitrogens with zero attached hydrogens (tertiary/aromatic N) is 7. The van der Waals surface area contributed by atoms with Gasteiger partial charge in [-0.1, -0.05) is 61.7 Å². The van der Waals surface area contributed by atoms with E-state index in [0.29, 0.717) is 0 Å². The van der Waals surface area contributed by atoms with Crippen LogP contribution in [0.5, 0.6) is 0 Å². The molecule has 0 bridgehead atoms. The molecule has 2 aliphatic rings. The Morgan fingerprint density at radius 1 is 0.620 bits per heavy atom. The number of esters is 2. The van der Waals surface area contributed by atoms with Gasteiger partial charge in [0, 0.05) is 11.4 Å². The van der Waals surface area contributed by atoms with Crippen LogP contribution in [0.25, 0.3) is 0 Å². The fourth-order valence-electron chi connectivity index (χ4n) is 8.93. The zero-order valence-corrected chi connectivity index (χ0v) is 43.3. The lowest BCUT2D eigenvalue weighted by Crippen LogP contribution is -2.55. The summed E-state index contributed by atoms with van der Waals surface area (Å²) in [5, 5.41) is 24.5. The summed E-state index contributed by atoms with van der Waals surface area (Å²) in [6.07, 6.45) is -7.03. The molecule has 23 heteroatoms. The second kappa shape index (κ2) is 24.8. The number of nitrogens with one attached hydrogen (secondary N) is 2. The molecule has 0 aromatic heterocycles. The number of nitriles is 2. The average Bonchev–Trinajstić information content (AvgIpc) is 3.54. The summed E-state index contributed by atoms with van der Waals surface area (Å²) in [6.45, 7) is 8.20. The van der Waals surface area contributed by atoms with E-state index in [-0.39, 0.29) is 100 Å². The minimum atomic E-state index is -4.80. The molecule has 0 spiro atoms. The number of benzene rings is 4. The van der Waals surface area contributed by atoms with Gasteiger partial charge in [0.25, 0.3) is 0 Å². The fraction of sp³-hybridized carbons (Fsp3) is 0.286. The minimum Gasteiger partial charge on any atom is -0.458 e. The van der Waals surface area contributed by atoms with Gasteiger partial charge in [-0.3, -0.25) is 19.4 Å². The fourth-order valence-corrected chi connectivity index (χ4v) is 8.93. The average molecular weight is 1100 g/mol. The van der Waals surface area contributed by atoms with E-state index in [1.807, 2.05) is 12.1 Å². The Bertz CT molecular complexity index is 2970. The van der Waals surface area contributed by atoms with E-state index < -0.39 is 84.5 Å². The van der Waals surface area contributed by atoms with Crippen molar-refractivity contribution in [1.29, 1.82) is 10.5 Å². The van der Waals surface area contributed by atoms with Crippen LogP contribution in [-0.4, -0.2) is 117 Å². The SMILES string of the molecule is C=CCOC(=O)C1=C(C)N(c2cccc(C(F)(F)F)c2)C(=O)N(CC(=O)NCC[N+](C)(C)CCNC(=O)CN2C(=O)N(c3cccc(C(F)(F)F)c3)C(C)=C(C(=O)OCC=C)[C@H]2c2ccc(C#N)cc2)[C@@H]1c1ccc(C#N)cc1. The number of halogens is 6. The summed E-state index contributed by atoms with van der Waals surface area (Å²) in [7, 11) is 3.54. The van der Waals surface area contributed by atoms with Crippen LogP contribution in [0.1, 0.15) is 59.3 Å². The smallest absolute Gasteiger partial charge is 0.416 e. The highest BCUT2D eigenvalue weighted by Gasteiger charge is 2.46. The lowest BCUT2D eigenvalue weighted by atomic mass is 9.92. The van der Waals surface area contributed by atoms with Crippen molar-refractivity contribution in [2.45, 2.75) is 38.3 Å². The van der Waals surface area contributed by atoms with Gasteiger partial charge < -0.3 is 34.4 Å². The number of anilines is 2. The molecule has 0 aliphatic carbocycles. The second-order valence-corrected chi connectivity index (χ2v) is 18.7. The quantitative estimate of drug-likeness (QED) is 0.0374. The number of hydrogen-bond acceptors (Lipinski definition) is 10. The molecule has 6 amide bonds. The van der Waals surface area contributed by atoms with Gasteiger partial charge in [0.2, 0.25) is 11.8 Å². The lowest BCUT2D eigenvalue weighted by molar-refractivity contribution is -0.887. The Kier molecular flexibility index (Phi) is 18.6. The zero-order valence-electron chi connectivity index (χ0n) is 43.3. The summed E-state index contributed by atoms with van der Waals surface area (Å²) < 4.78 is 94.7. The summed E-state index contributed by atoms with van der Waals surface area (Å²) >= 11 is 0. The summed E-state index contributed by atoms with van der Waals surface area (Å²) in [5.74, 6) is -3.39. The highest BCUT2D eigenvalue weighted by atomic mass is 19.4. The van der Waals surface area contributed by atoms with Crippen LogP contribution in [-0.2, 0) is 41.0 Å². The number of urea groups is 2. The predicted octanol–water partition coefficient (Wildman–Crippen LogP) is 8.45. The molecule has 0 saturated heterocycles. The lowest BCUT2D eigenvalue weighted by Gasteiger charge is -2.42. The highest BCUT2D eigenvalue weighted by molar-refractivity contribution is 6.06. The Morgan fingerprint density at radius 2 is 0.975 bits per heavy atom. The number of quaternary nitrogens is 1. The van der Waals surface area contributed by atoms with Crippen LogP contribution in [0.2, 0.25) is 0 Å². The molecule has 0 fully saturated rings. The number of allylic oxidation sites excluding steroid dienone is 2. The molecule has 0 radical (unpaired) electrons. The standard InChI is InChI=1S/C56H53F6N9O8/c1-7-27-78-51(74)47-35(3)69(43-13-9-11-41(29-43)55(57,58)59)53(76)67(49(47)39-19-15-37(31-63)16-20-39)33-45(72)65-23-25-71(5,6)26-24-66-46(73)34-68-50(40-21-17-38(32-64)18-22-40)48(52(75)79-28-8-2)36(4)70(54(68)77)44-14-10-12-42(30-44)56(60,61)62/h7-22,29-30,49-50H,1-2,23-28,33-34H2,3-6H3,(H-,65,66,72,73)/p+1/t49-,50-/m1/s1. The predicted molar refractivity (Wildman–Crippen MR) is 275 cm³/mol. The van der Waals surface area contributed by atoms with E-state index >= 15 is 0 Å². The Labute approximate surface area is 451 Å². The van der Waals surface area contributed by atoms with Gasteiger partial charge in [-0.25, -0.2) is 19.2 Å². The van der Waals surface area contributed by atoms with E-state index in [1.165, 1.54) is 86.7 Å². The van der Waals surface area contributed by atoms with E-state index in [1.54, 1.807) is 14.1 Å². The van der Waals surface area contributed by atoms with Gasteiger partial charge in [0.1, 0.15) is 26.3 Å². The maximum Gasteiger partial charge on any atom is 0.416 e. The molecule has 6 rings (SSSR count). The van der Waals surface area contributed by atoms with Crippen molar-refractivity contribution >= 4 is 47.2 Å². The van der Waals surface area contributed by atoms with Crippen molar-refractivity contribution in [3.63, 3.8) is 0 Å². The number of rotatable bonds is 20. The molecule has 0 unspecified atom stereocenters. The molecule has 412 valence electrons. The van der Waals surface area contributed by atoms with Crippen molar-refractivity contribution in [1.82, 2.24) is 20.4 Å². The number of amides is 6. The first-order valence-electron chi connectivity index (χ1n) is 24.2. The maximum absolute atomic E-state index is 14.6. The highest BCUT2D eigenvalue weighted by Crippen LogP contribution is 2.43. The first-order valence-corrected chi connectivity index (χ1v) is 24.2. The molecule has 2 atom stereocenters. The van der Waals surface area contributed by atoms with Gasteiger partial charge in [0.15, 0.2) is 0 Å². The van der Waals surface area contributed by atoms with Crippen molar-refractivity contribution < 1.29 is 69.1 Å². The molecule has 2 N–H and O–H groups in total. The molecule has 2 aliphatic heterocycles. The molecule has 4 aromatic rings. The molecular weight excluding hydrogens is 1040 g/mol. The normalized spacial score (nSPS) is 16.0. The Balaban J connectivity index is 1.20. The van der Waals surface area contributed by atoms with E-state index in [4.69, 9.17) is 9.47 Å². The largest absolute Gasteiger partial charge is 0.458 e. The van der Waals surface area contributed by atoms with Crippen molar-refractivity contribution in [2.24, 2.45) is 0 Å². The number of hydrogen-bond donors (Lipinski definition) is 2. The Hall–Kier alpha value is -9.22. The minimum absolute atomic E-state index is 0.0277. The molecule has 0 saturated carbocycles. The number of carbonyl (C=O) groups is 6. The van der Waals surface area contributed by atoms with Gasteiger partial charge in [0.05, 0.1) is 109 Å². The van der Waals surface area contributed by atoms with Crippen LogP contribution in [0.4, 0.5) is 47.3 Å². The summed E-state index contributed by atoms with van der Waals surface area (Å²) in [6, 6.07) is 18.7. The van der Waals surface area contributed by atoms with Gasteiger partial charge in [-0.15, -0.1) is 0 Å². The zero-order chi connectivity index (χ0) is 58.0. The van der Waals surface area contributed by atoms with Crippen molar-refractivity contribution in [2.75, 3.05) is 76.4 Å². The van der Waals surface area contributed by atoms with Gasteiger partial charge in [-0.2, -0.15) is 36.9 Å². The van der Waals surface area contributed by atoms with Crippen molar-refractivity contribution in [3.8, 4) is 12.1 Å². The first kappa shape index (κ1) is 59.0. The van der Waals surface area contributed by atoms with Crippen LogP contribution in [0.15, 0.2) is 145 Å². The van der Waals surface area contributed by atoms with Crippen molar-refractivity contribution in [3.05, 3.63) is 178 Å². The second-order valence-electron chi connectivity index (χ2n) is 18.7. The monoisotopic (exact) mass is 1090 g/mol. The van der Waals surface area contributed by atoms with E-state index in [9.17, 15) is 65.6 Å². The number of carbonyl (C=O) groups excluding carboxylic acids is 6. The molecule has 4 aromatic carbocycles. The van der Waals surface area contributed by atoms with Crippen LogP contribution in [0, 0.1) is 22.7 Å². The van der Waals surface area contributed by atoms with E-state index in [2.05, 4.69) is 23.8 Å². The molecule has 79 heavy (non-hydrogen) atoms. The molecule has 2 heterocycles. The third kappa shape index (κ3) is 13.9. The number of alkyl halides is 6. The van der Waals surface area contributed by atoms with Gasteiger partial charge in [-0.05, 0) is 85.6 Å². The van der Waals surface area contributed by atoms with Crippen LogP contribution in [0.3, 0.4) is 0 Å². The van der Waals surface area contributed by atoms with E-state index in [0.717, 1.165) is 56.0 Å². The topological polar surface area (TPSA) is 205 Å². The third-order valence-corrected chi connectivity index (χ3v) is 12.9. The number of likely N-dealkylation sites (N-methyl/N-ethyl adjacent to an activating group) is 1. The Morgan fingerprint density at radius 3 is 1.29 bits per heavy atom.